The molecule has 6 nitrogen and oxygen atoms in total. The lowest BCUT2D eigenvalue weighted by Gasteiger charge is -2.36. The summed E-state index contributed by atoms with van der Waals surface area (Å²) in [5.74, 6) is 0.478. The first-order chi connectivity index (χ1) is 11.9. The third-order valence-electron chi connectivity index (χ3n) is 4.72. The molecule has 0 radical (unpaired) electrons. The van der Waals surface area contributed by atoms with Crippen molar-refractivity contribution in [2.45, 2.75) is 53.0 Å². The molecule has 1 atom stereocenters. The Bertz CT molecular complexity index is 729. The van der Waals surface area contributed by atoms with Gasteiger partial charge < -0.3 is 4.90 Å². The van der Waals surface area contributed by atoms with E-state index in [-0.39, 0.29) is 17.2 Å². The highest BCUT2D eigenvalue weighted by molar-refractivity contribution is 5.81. The number of piperidine rings is 1. The highest BCUT2D eigenvalue weighted by Crippen LogP contribution is 2.29. The van der Waals surface area contributed by atoms with Crippen LogP contribution in [-0.2, 0) is 11.3 Å². The molecule has 25 heavy (non-hydrogen) atoms. The fraction of sp³-hybridized carbons (Fsp3) is 0.579. The molecule has 0 bridgehead atoms. The molecule has 1 amide bonds. The first-order valence-electron chi connectivity index (χ1n) is 9.03. The Morgan fingerprint density at radius 2 is 2.08 bits per heavy atom. The third-order valence-corrected chi connectivity index (χ3v) is 4.72. The molecule has 0 saturated carbocycles. The average Bonchev–Trinajstić information content (AvgIpc) is 3.09. The molecule has 0 aromatic carbocycles. The highest BCUT2D eigenvalue weighted by Gasteiger charge is 2.32. The molecule has 0 N–H and O–H groups in total. The van der Waals surface area contributed by atoms with Crippen molar-refractivity contribution in [3.8, 4) is 11.4 Å². The predicted molar refractivity (Wildman–Crippen MR) is 96.9 cm³/mol. The lowest BCUT2D eigenvalue weighted by molar-refractivity contribution is -0.140. The molecule has 1 fully saturated rings. The van der Waals surface area contributed by atoms with E-state index in [1.54, 1.807) is 6.20 Å². The van der Waals surface area contributed by atoms with Crippen LogP contribution in [0.4, 0.5) is 0 Å². The summed E-state index contributed by atoms with van der Waals surface area (Å²) in [5, 5.41) is 4.28. The molecule has 0 unspecified atom stereocenters. The Balaban J connectivity index is 1.75. The molecule has 3 heterocycles. The normalized spacial score (nSPS) is 18.4. The number of aromatic nitrogens is 4. The summed E-state index contributed by atoms with van der Waals surface area (Å²) in [6.45, 7) is 10.4. The maximum Gasteiger partial charge on any atom is 0.227 e. The molecule has 0 spiro atoms. The lowest BCUT2D eigenvalue weighted by Crippen LogP contribution is -2.44. The van der Waals surface area contributed by atoms with Gasteiger partial charge >= 0.3 is 0 Å². The Morgan fingerprint density at radius 1 is 1.28 bits per heavy atom. The molecule has 1 saturated heterocycles. The van der Waals surface area contributed by atoms with Crippen LogP contribution in [-0.4, -0.2) is 43.6 Å². The average molecular weight is 341 g/mol. The third kappa shape index (κ3) is 3.72. The smallest absolute Gasteiger partial charge is 0.227 e. The van der Waals surface area contributed by atoms with Crippen LogP contribution in [0.15, 0.2) is 24.7 Å². The van der Waals surface area contributed by atoms with Crippen molar-refractivity contribution in [3.05, 3.63) is 30.4 Å². The Labute approximate surface area is 149 Å². The SMILES string of the molecule is CCn1nccc1-c1cnc([C@@H]2CCCN(C(=O)C(C)(C)C)C2)cn1. The van der Waals surface area contributed by atoms with Crippen molar-refractivity contribution >= 4 is 5.91 Å². The van der Waals surface area contributed by atoms with E-state index in [2.05, 4.69) is 22.0 Å². The van der Waals surface area contributed by atoms with Gasteiger partial charge in [-0.15, -0.1) is 0 Å². The second kappa shape index (κ2) is 6.94. The Hall–Kier alpha value is -2.24. The van der Waals surface area contributed by atoms with Crippen LogP contribution in [0.25, 0.3) is 11.4 Å². The van der Waals surface area contributed by atoms with Gasteiger partial charge in [0.25, 0.3) is 0 Å². The summed E-state index contributed by atoms with van der Waals surface area (Å²) in [6, 6.07) is 1.96. The molecule has 2 aromatic rings. The minimum Gasteiger partial charge on any atom is -0.342 e. The van der Waals surface area contributed by atoms with Crippen molar-refractivity contribution in [2.24, 2.45) is 5.41 Å². The fourth-order valence-electron chi connectivity index (χ4n) is 3.36. The van der Waals surface area contributed by atoms with E-state index < -0.39 is 0 Å². The number of carbonyl (C=O) groups excluding carboxylic acids is 1. The monoisotopic (exact) mass is 341 g/mol. The van der Waals surface area contributed by atoms with Crippen LogP contribution in [0.2, 0.25) is 0 Å². The topological polar surface area (TPSA) is 63.9 Å². The van der Waals surface area contributed by atoms with E-state index in [0.717, 1.165) is 49.6 Å². The quantitative estimate of drug-likeness (QED) is 0.860. The zero-order valence-electron chi connectivity index (χ0n) is 15.6. The highest BCUT2D eigenvalue weighted by atomic mass is 16.2. The van der Waals surface area contributed by atoms with Crippen LogP contribution in [0.5, 0.6) is 0 Å². The maximum atomic E-state index is 12.6. The molecular formula is C19H27N5O. The molecule has 3 rings (SSSR count). The summed E-state index contributed by atoms with van der Waals surface area (Å²) in [7, 11) is 0. The van der Waals surface area contributed by atoms with Crippen LogP contribution in [0, 0.1) is 5.41 Å². The second-order valence-electron chi connectivity index (χ2n) is 7.70. The van der Waals surface area contributed by atoms with Crippen molar-refractivity contribution in [1.29, 1.82) is 0 Å². The molecule has 134 valence electrons. The van der Waals surface area contributed by atoms with Crippen molar-refractivity contribution in [3.63, 3.8) is 0 Å². The van der Waals surface area contributed by atoms with E-state index in [4.69, 9.17) is 0 Å². The minimum atomic E-state index is -0.337. The summed E-state index contributed by atoms with van der Waals surface area (Å²) >= 11 is 0. The van der Waals surface area contributed by atoms with Gasteiger partial charge in [0, 0.05) is 43.4 Å². The number of likely N-dealkylation sites (tertiary alicyclic amines) is 1. The molecule has 6 heteroatoms. The van der Waals surface area contributed by atoms with Gasteiger partial charge in [0.2, 0.25) is 5.91 Å². The standard InChI is InChI=1S/C19H27N5O/c1-5-24-17(8-9-22-24)16-12-20-15(11-21-16)14-7-6-10-23(13-14)18(25)19(2,3)4/h8-9,11-12,14H,5-7,10,13H2,1-4H3/t14-/m1/s1. The van der Waals surface area contributed by atoms with Crippen molar-refractivity contribution in [2.75, 3.05) is 13.1 Å². The number of carbonyl (C=O) groups is 1. The summed E-state index contributed by atoms with van der Waals surface area (Å²) in [6.07, 6.45) is 7.53. The number of nitrogens with zero attached hydrogens (tertiary/aromatic N) is 5. The second-order valence-corrected chi connectivity index (χ2v) is 7.70. The van der Waals surface area contributed by atoms with Gasteiger partial charge in [-0.2, -0.15) is 5.10 Å². The Morgan fingerprint density at radius 3 is 2.72 bits per heavy atom. The Kier molecular flexibility index (Phi) is 4.88. The number of aryl methyl sites for hydroxylation is 1. The summed E-state index contributed by atoms with van der Waals surface area (Å²) in [5.41, 5.74) is 2.45. The van der Waals surface area contributed by atoms with Gasteiger partial charge in [-0.05, 0) is 25.8 Å². The summed E-state index contributed by atoms with van der Waals surface area (Å²) < 4.78 is 1.91. The molecule has 1 aliphatic rings. The largest absolute Gasteiger partial charge is 0.342 e. The van der Waals surface area contributed by atoms with Gasteiger partial charge in [-0.25, -0.2) is 0 Å². The van der Waals surface area contributed by atoms with Gasteiger partial charge in [0.1, 0.15) is 5.69 Å². The van der Waals surface area contributed by atoms with Crippen LogP contribution >= 0.6 is 0 Å². The predicted octanol–water partition coefficient (Wildman–Crippen LogP) is 3.11. The van der Waals surface area contributed by atoms with Crippen molar-refractivity contribution < 1.29 is 4.79 Å². The number of hydrogen-bond donors (Lipinski definition) is 0. The maximum absolute atomic E-state index is 12.6. The van der Waals surface area contributed by atoms with E-state index in [9.17, 15) is 4.79 Å². The molecular weight excluding hydrogens is 314 g/mol. The van der Waals surface area contributed by atoms with E-state index >= 15 is 0 Å². The van der Waals surface area contributed by atoms with Crippen LogP contribution < -0.4 is 0 Å². The molecule has 0 aliphatic carbocycles. The zero-order chi connectivity index (χ0) is 18.0. The van der Waals surface area contributed by atoms with Gasteiger partial charge in [0.05, 0.1) is 17.6 Å². The van der Waals surface area contributed by atoms with Gasteiger partial charge in [0.15, 0.2) is 0 Å². The van der Waals surface area contributed by atoms with E-state index in [1.807, 2.05) is 48.8 Å². The molecule has 2 aromatic heterocycles. The summed E-state index contributed by atoms with van der Waals surface area (Å²) in [4.78, 5) is 23.8. The van der Waals surface area contributed by atoms with Crippen molar-refractivity contribution in [1.82, 2.24) is 24.6 Å². The van der Waals surface area contributed by atoms with E-state index in [0.29, 0.717) is 0 Å². The number of amides is 1. The van der Waals surface area contributed by atoms with Gasteiger partial charge in [-0.3, -0.25) is 19.4 Å². The van der Waals surface area contributed by atoms with Crippen LogP contribution in [0.3, 0.4) is 0 Å². The molecule has 1 aliphatic heterocycles. The fourth-order valence-corrected chi connectivity index (χ4v) is 3.36. The van der Waals surface area contributed by atoms with Gasteiger partial charge in [-0.1, -0.05) is 20.8 Å². The zero-order valence-corrected chi connectivity index (χ0v) is 15.6. The van der Waals surface area contributed by atoms with E-state index in [1.165, 1.54) is 0 Å². The first-order valence-corrected chi connectivity index (χ1v) is 9.03. The minimum absolute atomic E-state index is 0.216. The number of rotatable bonds is 3. The lowest BCUT2D eigenvalue weighted by atomic mass is 9.90. The number of hydrogen-bond acceptors (Lipinski definition) is 4. The first kappa shape index (κ1) is 17.6. The van der Waals surface area contributed by atoms with Crippen LogP contribution in [0.1, 0.15) is 52.1 Å².